The summed E-state index contributed by atoms with van der Waals surface area (Å²) in [6.07, 6.45) is 0.924. The van der Waals surface area contributed by atoms with E-state index >= 15 is 0 Å². The zero-order valence-corrected chi connectivity index (χ0v) is 16.0. The van der Waals surface area contributed by atoms with E-state index in [2.05, 4.69) is 22.3 Å². The summed E-state index contributed by atoms with van der Waals surface area (Å²) in [6, 6.07) is 8.19. The molecule has 0 bridgehead atoms. The van der Waals surface area contributed by atoms with Crippen LogP contribution in [-0.2, 0) is 33.7 Å². The predicted octanol–water partition coefficient (Wildman–Crippen LogP) is 1.12. The minimum Gasteiger partial charge on any atom is -0.365 e. The third-order valence-corrected chi connectivity index (χ3v) is 5.26. The van der Waals surface area contributed by atoms with Crippen molar-refractivity contribution in [3.05, 3.63) is 47.1 Å². The number of rotatable bonds is 4. The summed E-state index contributed by atoms with van der Waals surface area (Å²) in [7, 11) is 0. The lowest BCUT2D eigenvalue weighted by atomic mass is 9.99. The first-order valence-electron chi connectivity index (χ1n) is 9.64. The number of morpholine rings is 1. The zero-order valence-electron chi connectivity index (χ0n) is 16.0. The van der Waals surface area contributed by atoms with E-state index in [9.17, 15) is 9.59 Å². The number of hydrogen-bond acceptors (Lipinski definition) is 6. The van der Waals surface area contributed by atoms with Gasteiger partial charge in [-0.1, -0.05) is 29.4 Å². The minimum atomic E-state index is -0.603. The Balaban J connectivity index is 1.33. The summed E-state index contributed by atoms with van der Waals surface area (Å²) in [5, 5.41) is 3.73. The SMILES string of the molecule is Cc1noc(CCC(=O)N2CCO[C@@H](C(=O)N3CCc4ccccc4C3)C2)n1. The van der Waals surface area contributed by atoms with Crippen molar-refractivity contribution in [2.75, 3.05) is 26.2 Å². The molecule has 0 N–H and O–H groups in total. The molecule has 3 heterocycles. The van der Waals surface area contributed by atoms with Crippen LogP contribution in [0.4, 0.5) is 0 Å². The van der Waals surface area contributed by atoms with Crippen LogP contribution < -0.4 is 0 Å². The highest BCUT2D eigenvalue weighted by molar-refractivity contribution is 5.83. The van der Waals surface area contributed by atoms with Gasteiger partial charge in [0, 0.05) is 32.5 Å². The monoisotopic (exact) mass is 384 g/mol. The number of nitrogens with zero attached hydrogens (tertiary/aromatic N) is 4. The second kappa shape index (κ2) is 8.10. The van der Waals surface area contributed by atoms with Gasteiger partial charge in [-0.3, -0.25) is 9.59 Å². The van der Waals surface area contributed by atoms with Crippen LogP contribution >= 0.6 is 0 Å². The lowest BCUT2D eigenvalue weighted by molar-refractivity contribution is -0.155. The summed E-state index contributed by atoms with van der Waals surface area (Å²) in [5.74, 6) is 0.946. The molecule has 8 nitrogen and oxygen atoms in total. The fourth-order valence-electron chi connectivity index (χ4n) is 3.73. The van der Waals surface area contributed by atoms with Crippen LogP contribution in [0.2, 0.25) is 0 Å². The van der Waals surface area contributed by atoms with Gasteiger partial charge in [-0.2, -0.15) is 4.98 Å². The van der Waals surface area contributed by atoms with Gasteiger partial charge in [-0.15, -0.1) is 0 Å². The van der Waals surface area contributed by atoms with Gasteiger partial charge in [0.2, 0.25) is 11.8 Å². The quantitative estimate of drug-likeness (QED) is 0.785. The molecule has 8 heteroatoms. The zero-order chi connectivity index (χ0) is 19.5. The van der Waals surface area contributed by atoms with E-state index in [0.717, 1.165) is 6.42 Å². The number of fused-ring (bicyclic) bond motifs is 1. The minimum absolute atomic E-state index is 0.0269. The van der Waals surface area contributed by atoms with Crippen molar-refractivity contribution in [2.24, 2.45) is 0 Å². The highest BCUT2D eigenvalue weighted by Crippen LogP contribution is 2.20. The highest BCUT2D eigenvalue weighted by atomic mass is 16.5. The molecule has 0 aliphatic carbocycles. The van der Waals surface area contributed by atoms with Gasteiger partial charge in [-0.05, 0) is 24.5 Å². The van der Waals surface area contributed by atoms with Gasteiger partial charge >= 0.3 is 0 Å². The molecule has 4 rings (SSSR count). The maximum Gasteiger partial charge on any atom is 0.253 e. The largest absolute Gasteiger partial charge is 0.365 e. The Morgan fingerprint density at radius 3 is 2.79 bits per heavy atom. The molecule has 0 radical (unpaired) electrons. The molecule has 2 amide bonds. The molecule has 1 atom stereocenters. The van der Waals surface area contributed by atoms with Crippen molar-refractivity contribution in [1.29, 1.82) is 0 Å². The van der Waals surface area contributed by atoms with Crippen LogP contribution in [-0.4, -0.2) is 64.1 Å². The van der Waals surface area contributed by atoms with Crippen molar-refractivity contribution >= 4 is 11.8 Å². The topological polar surface area (TPSA) is 88.8 Å². The molecule has 0 spiro atoms. The van der Waals surface area contributed by atoms with E-state index in [-0.39, 0.29) is 18.2 Å². The van der Waals surface area contributed by atoms with Gasteiger partial charge in [-0.25, -0.2) is 0 Å². The smallest absolute Gasteiger partial charge is 0.253 e. The van der Waals surface area contributed by atoms with Crippen LogP contribution in [0.25, 0.3) is 0 Å². The maximum absolute atomic E-state index is 12.9. The Morgan fingerprint density at radius 2 is 2.00 bits per heavy atom. The van der Waals surface area contributed by atoms with E-state index in [1.807, 2.05) is 17.0 Å². The number of aromatic nitrogens is 2. The fourth-order valence-corrected chi connectivity index (χ4v) is 3.73. The first-order valence-corrected chi connectivity index (χ1v) is 9.64. The highest BCUT2D eigenvalue weighted by Gasteiger charge is 2.33. The fraction of sp³-hybridized carbons (Fsp3) is 0.500. The molecule has 0 saturated carbocycles. The van der Waals surface area contributed by atoms with E-state index in [1.54, 1.807) is 11.8 Å². The molecule has 1 aromatic carbocycles. The van der Waals surface area contributed by atoms with Crippen molar-refractivity contribution in [2.45, 2.75) is 38.8 Å². The van der Waals surface area contributed by atoms with E-state index in [4.69, 9.17) is 9.26 Å². The number of carbonyl (C=O) groups excluding carboxylic acids is 2. The van der Waals surface area contributed by atoms with E-state index in [1.165, 1.54) is 11.1 Å². The number of hydrogen-bond donors (Lipinski definition) is 0. The molecular weight excluding hydrogens is 360 g/mol. The number of benzene rings is 1. The van der Waals surface area contributed by atoms with Crippen LogP contribution in [0.5, 0.6) is 0 Å². The normalized spacial score (nSPS) is 19.4. The lowest BCUT2D eigenvalue weighted by Gasteiger charge is -2.36. The van der Waals surface area contributed by atoms with Gasteiger partial charge in [0.15, 0.2) is 11.9 Å². The molecule has 0 unspecified atom stereocenters. The molecule has 1 fully saturated rings. The summed E-state index contributed by atoms with van der Waals surface area (Å²) < 4.78 is 10.8. The molecular formula is C20H24N4O4. The second-order valence-electron chi connectivity index (χ2n) is 7.21. The molecule has 148 valence electrons. The van der Waals surface area contributed by atoms with Crippen molar-refractivity contribution in [3.63, 3.8) is 0 Å². The summed E-state index contributed by atoms with van der Waals surface area (Å²) in [5.41, 5.74) is 2.48. The lowest BCUT2D eigenvalue weighted by Crippen LogP contribution is -2.53. The Kier molecular flexibility index (Phi) is 5.38. The Morgan fingerprint density at radius 1 is 1.18 bits per heavy atom. The van der Waals surface area contributed by atoms with Crippen molar-refractivity contribution < 1.29 is 18.8 Å². The van der Waals surface area contributed by atoms with Gasteiger partial charge < -0.3 is 19.1 Å². The van der Waals surface area contributed by atoms with Crippen LogP contribution in [0.1, 0.15) is 29.3 Å². The second-order valence-corrected chi connectivity index (χ2v) is 7.21. The van der Waals surface area contributed by atoms with Gasteiger partial charge in [0.25, 0.3) is 5.91 Å². The first-order chi connectivity index (χ1) is 13.6. The van der Waals surface area contributed by atoms with Gasteiger partial charge in [0.1, 0.15) is 0 Å². The average molecular weight is 384 g/mol. The number of aryl methyl sites for hydroxylation is 2. The summed E-state index contributed by atoms with van der Waals surface area (Å²) >= 11 is 0. The molecule has 2 aliphatic rings. The molecule has 1 saturated heterocycles. The average Bonchev–Trinajstić information content (AvgIpc) is 3.16. The van der Waals surface area contributed by atoms with Crippen LogP contribution in [0, 0.1) is 6.92 Å². The predicted molar refractivity (Wildman–Crippen MR) is 99.2 cm³/mol. The molecule has 1 aromatic heterocycles. The summed E-state index contributed by atoms with van der Waals surface area (Å²) in [4.78, 5) is 33.1. The van der Waals surface area contributed by atoms with Crippen LogP contribution in [0.15, 0.2) is 28.8 Å². The van der Waals surface area contributed by atoms with Crippen molar-refractivity contribution in [3.8, 4) is 0 Å². The van der Waals surface area contributed by atoms with Crippen molar-refractivity contribution in [1.82, 2.24) is 19.9 Å². The maximum atomic E-state index is 12.9. The van der Waals surface area contributed by atoms with E-state index in [0.29, 0.717) is 50.9 Å². The third-order valence-electron chi connectivity index (χ3n) is 5.26. The van der Waals surface area contributed by atoms with Crippen LogP contribution in [0.3, 0.4) is 0 Å². The third kappa shape index (κ3) is 4.06. The Bertz CT molecular complexity index is 865. The number of ether oxygens (including phenoxy) is 1. The number of carbonyl (C=O) groups is 2. The molecule has 2 aliphatic heterocycles. The standard InChI is InChI=1S/C20H24N4O4/c1-14-21-18(28-22-14)6-7-19(25)23-10-11-27-17(13-23)20(26)24-9-8-15-4-2-3-5-16(15)12-24/h2-5,17H,6-13H2,1H3/t17-/m1/s1. The first kappa shape index (κ1) is 18.6. The molecule has 28 heavy (non-hydrogen) atoms. The summed E-state index contributed by atoms with van der Waals surface area (Å²) in [6.45, 7) is 4.17. The molecule has 2 aromatic rings. The van der Waals surface area contributed by atoms with E-state index < -0.39 is 6.10 Å². The Labute approximate surface area is 163 Å². The Hall–Kier alpha value is -2.74. The number of amides is 2. The van der Waals surface area contributed by atoms with Gasteiger partial charge in [0.05, 0.1) is 13.2 Å².